The van der Waals surface area contributed by atoms with E-state index < -0.39 is 5.41 Å². The second-order valence-electron chi connectivity index (χ2n) is 6.21. The predicted octanol–water partition coefficient (Wildman–Crippen LogP) is 4.12. The van der Waals surface area contributed by atoms with Crippen molar-refractivity contribution in [2.24, 2.45) is 5.73 Å². The quantitative estimate of drug-likeness (QED) is 0.723. The Balaban J connectivity index is 2.35. The van der Waals surface area contributed by atoms with Crippen molar-refractivity contribution >= 4 is 5.91 Å². The molecule has 120 valence electrons. The fourth-order valence-corrected chi connectivity index (χ4v) is 3.22. The highest BCUT2D eigenvalue weighted by atomic mass is 16.1. The van der Waals surface area contributed by atoms with Crippen molar-refractivity contribution in [3.63, 3.8) is 0 Å². The van der Waals surface area contributed by atoms with Gasteiger partial charge in [-0.05, 0) is 30.5 Å². The fraction of sp³-hybridized carbons (Fsp3) is 0.136. The van der Waals surface area contributed by atoms with E-state index in [-0.39, 0.29) is 5.91 Å². The summed E-state index contributed by atoms with van der Waals surface area (Å²) in [5.74, 6) is -0.374. The smallest absolute Gasteiger partial charge is 0.237 e. The average molecular weight is 315 g/mol. The number of amides is 1. The van der Waals surface area contributed by atoms with Gasteiger partial charge in [0.25, 0.3) is 0 Å². The lowest BCUT2D eigenvalue weighted by atomic mass is 9.68. The summed E-state index contributed by atoms with van der Waals surface area (Å²) in [7, 11) is 0. The second-order valence-corrected chi connectivity index (χ2v) is 6.21. The van der Waals surface area contributed by atoms with Gasteiger partial charge in [-0.15, -0.1) is 0 Å². The van der Waals surface area contributed by atoms with Crippen molar-refractivity contribution < 1.29 is 4.79 Å². The molecule has 0 spiro atoms. The zero-order valence-electron chi connectivity index (χ0n) is 14.0. The zero-order valence-corrected chi connectivity index (χ0v) is 14.0. The lowest BCUT2D eigenvalue weighted by Crippen LogP contribution is -2.43. The van der Waals surface area contributed by atoms with Crippen LogP contribution in [0.5, 0.6) is 0 Å². The monoisotopic (exact) mass is 315 g/mol. The van der Waals surface area contributed by atoms with Crippen LogP contribution in [-0.4, -0.2) is 5.91 Å². The third kappa shape index (κ3) is 2.61. The Kier molecular flexibility index (Phi) is 4.22. The number of aryl methyl sites for hydroxylation is 2. The zero-order chi connectivity index (χ0) is 17.2. The average Bonchev–Trinajstić information content (AvgIpc) is 2.59. The van der Waals surface area contributed by atoms with Crippen molar-refractivity contribution in [1.29, 1.82) is 0 Å². The Bertz CT molecular complexity index is 788. The Morgan fingerprint density at radius 2 is 1.04 bits per heavy atom. The first-order valence-corrected chi connectivity index (χ1v) is 8.05. The molecule has 0 aliphatic heterocycles. The van der Waals surface area contributed by atoms with Crippen LogP contribution in [-0.2, 0) is 10.2 Å². The molecule has 3 aromatic rings. The molecule has 0 atom stereocenters. The van der Waals surface area contributed by atoms with E-state index in [4.69, 9.17) is 5.73 Å². The minimum absolute atomic E-state index is 0.374. The van der Waals surface area contributed by atoms with Gasteiger partial charge in [-0.3, -0.25) is 4.79 Å². The van der Waals surface area contributed by atoms with Crippen LogP contribution in [0.2, 0.25) is 0 Å². The van der Waals surface area contributed by atoms with Gasteiger partial charge in [0.1, 0.15) is 5.41 Å². The second kappa shape index (κ2) is 6.32. The Hall–Kier alpha value is -2.87. The van der Waals surface area contributed by atoms with Gasteiger partial charge in [0.15, 0.2) is 0 Å². The van der Waals surface area contributed by atoms with E-state index in [9.17, 15) is 4.79 Å². The molecule has 3 rings (SSSR count). The highest BCUT2D eigenvalue weighted by Gasteiger charge is 2.42. The summed E-state index contributed by atoms with van der Waals surface area (Å²) in [6.07, 6.45) is 0. The van der Waals surface area contributed by atoms with Gasteiger partial charge >= 0.3 is 0 Å². The molecular weight excluding hydrogens is 294 g/mol. The number of primary amides is 1. The van der Waals surface area contributed by atoms with Crippen molar-refractivity contribution in [3.8, 4) is 0 Å². The van der Waals surface area contributed by atoms with Gasteiger partial charge in [0.05, 0.1) is 0 Å². The van der Waals surface area contributed by atoms with Gasteiger partial charge in [0.2, 0.25) is 5.91 Å². The summed E-state index contributed by atoms with van der Waals surface area (Å²) >= 11 is 0. The number of nitrogens with two attached hydrogens (primary N) is 1. The Labute approximate surface area is 143 Å². The molecule has 0 aliphatic rings. The van der Waals surface area contributed by atoms with Crippen LogP contribution in [0.1, 0.15) is 27.8 Å². The summed E-state index contributed by atoms with van der Waals surface area (Å²) < 4.78 is 0. The highest BCUT2D eigenvalue weighted by Crippen LogP contribution is 2.39. The Morgan fingerprint density at radius 1 is 0.667 bits per heavy atom. The largest absolute Gasteiger partial charge is 0.368 e. The summed E-state index contributed by atoms with van der Waals surface area (Å²) in [4.78, 5) is 12.8. The van der Waals surface area contributed by atoms with E-state index in [0.29, 0.717) is 0 Å². The predicted molar refractivity (Wildman–Crippen MR) is 97.9 cm³/mol. The first-order chi connectivity index (χ1) is 11.5. The molecule has 0 bridgehead atoms. The molecule has 0 radical (unpaired) electrons. The third-order valence-electron chi connectivity index (χ3n) is 4.55. The molecule has 2 heteroatoms. The summed E-state index contributed by atoms with van der Waals surface area (Å²) in [5.41, 5.74) is 9.95. The molecule has 2 nitrogen and oxygen atoms in total. The molecule has 3 aromatic carbocycles. The Morgan fingerprint density at radius 3 is 1.42 bits per heavy atom. The molecule has 1 amide bonds. The van der Waals surface area contributed by atoms with E-state index in [1.54, 1.807) is 0 Å². The highest BCUT2D eigenvalue weighted by molar-refractivity contribution is 5.95. The molecule has 0 fully saturated rings. The van der Waals surface area contributed by atoms with E-state index in [0.717, 1.165) is 27.8 Å². The van der Waals surface area contributed by atoms with Gasteiger partial charge in [0, 0.05) is 0 Å². The van der Waals surface area contributed by atoms with Crippen LogP contribution in [0.4, 0.5) is 0 Å². The minimum atomic E-state index is -0.997. The number of benzene rings is 3. The van der Waals surface area contributed by atoms with Gasteiger partial charge in [-0.25, -0.2) is 0 Å². The van der Waals surface area contributed by atoms with Crippen LogP contribution in [0.15, 0.2) is 78.9 Å². The SMILES string of the molecule is Cc1ccc(C(C(N)=O)(c2ccccc2)c2ccc(C)cc2)cc1. The number of carbonyl (C=O) groups is 1. The molecule has 0 aliphatic carbocycles. The maximum Gasteiger partial charge on any atom is 0.237 e. The summed E-state index contributed by atoms with van der Waals surface area (Å²) in [6, 6.07) is 25.8. The molecule has 0 aromatic heterocycles. The maximum absolute atomic E-state index is 12.8. The normalized spacial score (nSPS) is 11.2. The molecule has 0 heterocycles. The van der Waals surface area contributed by atoms with Gasteiger partial charge in [-0.1, -0.05) is 90.0 Å². The van der Waals surface area contributed by atoms with Crippen LogP contribution in [0, 0.1) is 13.8 Å². The molecule has 2 N–H and O–H groups in total. The first kappa shape index (κ1) is 16.0. The van der Waals surface area contributed by atoms with Crippen LogP contribution in [0.3, 0.4) is 0 Å². The van der Waals surface area contributed by atoms with Crippen molar-refractivity contribution in [2.45, 2.75) is 19.3 Å². The van der Waals surface area contributed by atoms with Crippen molar-refractivity contribution in [2.75, 3.05) is 0 Å². The van der Waals surface area contributed by atoms with E-state index in [1.807, 2.05) is 92.7 Å². The van der Waals surface area contributed by atoms with E-state index in [1.165, 1.54) is 0 Å². The minimum Gasteiger partial charge on any atom is -0.368 e. The number of rotatable bonds is 4. The fourth-order valence-electron chi connectivity index (χ4n) is 3.22. The van der Waals surface area contributed by atoms with Crippen LogP contribution in [0.25, 0.3) is 0 Å². The summed E-state index contributed by atoms with van der Waals surface area (Å²) in [5, 5.41) is 0. The van der Waals surface area contributed by atoms with Crippen LogP contribution < -0.4 is 5.73 Å². The molecule has 0 saturated carbocycles. The van der Waals surface area contributed by atoms with Gasteiger partial charge < -0.3 is 5.73 Å². The third-order valence-corrected chi connectivity index (χ3v) is 4.55. The lowest BCUT2D eigenvalue weighted by Gasteiger charge is -2.32. The number of carbonyl (C=O) groups excluding carboxylic acids is 1. The molecule has 24 heavy (non-hydrogen) atoms. The lowest BCUT2D eigenvalue weighted by molar-refractivity contribution is -0.120. The standard InChI is InChI=1S/C22H21NO/c1-16-8-12-19(13-9-16)22(21(23)24,18-6-4-3-5-7-18)20-14-10-17(2)11-15-20/h3-15H,1-2H3,(H2,23,24). The van der Waals surface area contributed by atoms with E-state index in [2.05, 4.69) is 0 Å². The molecule has 0 saturated heterocycles. The van der Waals surface area contributed by atoms with Crippen LogP contribution >= 0.6 is 0 Å². The van der Waals surface area contributed by atoms with Crippen molar-refractivity contribution in [1.82, 2.24) is 0 Å². The number of hydrogen-bond acceptors (Lipinski definition) is 1. The van der Waals surface area contributed by atoms with Gasteiger partial charge in [-0.2, -0.15) is 0 Å². The topological polar surface area (TPSA) is 43.1 Å². The number of hydrogen-bond donors (Lipinski definition) is 1. The first-order valence-electron chi connectivity index (χ1n) is 8.05. The molecular formula is C22H21NO. The molecule has 0 unspecified atom stereocenters. The van der Waals surface area contributed by atoms with E-state index >= 15 is 0 Å². The van der Waals surface area contributed by atoms with Crippen molar-refractivity contribution in [3.05, 3.63) is 107 Å². The maximum atomic E-state index is 12.8. The summed E-state index contributed by atoms with van der Waals surface area (Å²) in [6.45, 7) is 4.06.